The van der Waals surface area contributed by atoms with Gasteiger partial charge in [-0.05, 0) is 24.3 Å². The maximum Gasteiger partial charge on any atom is 0.324 e. The van der Waals surface area contributed by atoms with Crippen molar-refractivity contribution in [1.29, 1.82) is 0 Å². The van der Waals surface area contributed by atoms with Crippen LogP contribution in [-0.2, 0) is 22.4 Å². The molecule has 2 aromatic heterocycles. The molecule has 0 saturated heterocycles. The lowest BCUT2D eigenvalue weighted by Crippen LogP contribution is -2.46. The summed E-state index contributed by atoms with van der Waals surface area (Å²) in [7, 11) is 0. The van der Waals surface area contributed by atoms with Gasteiger partial charge in [-0.15, -0.1) is 0 Å². The van der Waals surface area contributed by atoms with Crippen LogP contribution in [0.2, 0.25) is 0 Å². The molecule has 2 aromatic carbocycles. The van der Waals surface area contributed by atoms with E-state index in [4.69, 9.17) is 11.5 Å². The van der Waals surface area contributed by atoms with Crippen LogP contribution in [0.4, 0.5) is 0 Å². The second-order valence-electron chi connectivity index (χ2n) is 8.68. The van der Waals surface area contributed by atoms with Crippen molar-refractivity contribution < 1.29 is 19.2 Å². The van der Waals surface area contributed by atoms with Gasteiger partial charge in [-0.2, -0.15) is 0 Å². The highest BCUT2D eigenvalue weighted by Gasteiger charge is 2.24. The quantitative estimate of drug-likeness (QED) is 0.151. The number of nitrogens with zero attached hydrogens (tertiary/aromatic N) is 2. The molecule has 0 aliphatic heterocycles. The van der Waals surface area contributed by atoms with Gasteiger partial charge in [0, 0.05) is 30.2 Å². The Labute approximate surface area is 221 Å². The number of nitrogens with two attached hydrogens (primary N) is 2. The zero-order valence-corrected chi connectivity index (χ0v) is 20.6. The number of amides is 4. The van der Waals surface area contributed by atoms with Crippen molar-refractivity contribution in [2.24, 2.45) is 11.5 Å². The van der Waals surface area contributed by atoms with Crippen molar-refractivity contribution in [2.45, 2.75) is 24.9 Å². The van der Waals surface area contributed by atoms with E-state index in [0.717, 1.165) is 0 Å². The highest BCUT2D eigenvalue weighted by molar-refractivity contribution is 5.98. The Kier molecular flexibility index (Phi) is 8.00. The fraction of sp³-hybridized carbons (Fsp3) is 0.154. The highest BCUT2D eigenvalue weighted by Crippen LogP contribution is 2.13. The summed E-state index contributed by atoms with van der Waals surface area (Å²) in [5.41, 5.74) is 11.9. The van der Waals surface area contributed by atoms with Crippen molar-refractivity contribution in [1.82, 2.24) is 30.2 Å². The maximum absolute atomic E-state index is 12.6. The molecule has 39 heavy (non-hydrogen) atoms. The molecule has 0 fully saturated rings. The first-order chi connectivity index (χ1) is 18.7. The zero-order chi connectivity index (χ0) is 27.9. The molecule has 13 nitrogen and oxygen atoms in total. The molecule has 0 aliphatic rings. The topological polar surface area (TPSA) is 211 Å². The van der Waals surface area contributed by atoms with E-state index < -0.39 is 41.4 Å². The summed E-state index contributed by atoms with van der Waals surface area (Å²) in [6, 6.07) is 14.5. The molecule has 0 spiro atoms. The van der Waals surface area contributed by atoms with E-state index in [2.05, 4.69) is 25.6 Å². The van der Waals surface area contributed by atoms with E-state index in [1.165, 1.54) is 17.1 Å². The number of aromatic nitrogens is 4. The fourth-order valence-electron chi connectivity index (χ4n) is 3.89. The standard InChI is InChI=1S/C26H26N8O5/c27-21(35)18(30-24(37)15-7-3-1-4-8-15)11-17-13-34(14-29-17)23-20(32-26(39)33-23)12-19(22(28)36)31-25(38)16-9-5-2-6-10-16/h1-10,13-14,18-19H,11-12H2,(H2,27,35)(H2,28,36)(H,30,37)(H,31,38)(H2,32,33,39). The van der Waals surface area contributed by atoms with Crippen LogP contribution < -0.4 is 27.8 Å². The van der Waals surface area contributed by atoms with Crippen LogP contribution >= 0.6 is 0 Å². The number of rotatable bonds is 11. The number of carbonyl (C=O) groups is 4. The van der Waals surface area contributed by atoms with Gasteiger partial charge in [-0.3, -0.25) is 28.7 Å². The van der Waals surface area contributed by atoms with Crippen LogP contribution in [0, 0.1) is 0 Å². The van der Waals surface area contributed by atoms with Crippen molar-refractivity contribution >= 4 is 23.6 Å². The molecule has 2 atom stereocenters. The predicted molar refractivity (Wildman–Crippen MR) is 140 cm³/mol. The van der Waals surface area contributed by atoms with Gasteiger partial charge in [0.15, 0.2) is 0 Å². The van der Waals surface area contributed by atoms with Gasteiger partial charge in [0.25, 0.3) is 11.8 Å². The van der Waals surface area contributed by atoms with Crippen LogP contribution in [0.5, 0.6) is 0 Å². The minimum Gasteiger partial charge on any atom is -0.368 e. The SMILES string of the molecule is NC(=O)C(Cc1cn(-c2[nH]c(=O)[nH]c2CC(NC(=O)c2ccccc2)C(N)=O)cn1)NC(=O)c1ccccc1. The Morgan fingerprint density at radius 1 is 0.795 bits per heavy atom. The monoisotopic (exact) mass is 530 g/mol. The van der Waals surface area contributed by atoms with E-state index in [1.54, 1.807) is 60.7 Å². The van der Waals surface area contributed by atoms with Crippen molar-refractivity contribution in [3.8, 4) is 5.82 Å². The Morgan fingerprint density at radius 3 is 1.82 bits per heavy atom. The molecule has 2 heterocycles. The van der Waals surface area contributed by atoms with E-state index in [0.29, 0.717) is 16.8 Å². The van der Waals surface area contributed by atoms with Crippen LogP contribution in [-0.4, -0.2) is 55.2 Å². The molecule has 0 bridgehead atoms. The van der Waals surface area contributed by atoms with Gasteiger partial charge in [0.1, 0.15) is 24.2 Å². The summed E-state index contributed by atoms with van der Waals surface area (Å²) < 4.78 is 1.47. The van der Waals surface area contributed by atoms with Crippen molar-refractivity contribution in [3.63, 3.8) is 0 Å². The fourth-order valence-corrected chi connectivity index (χ4v) is 3.89. The highest BCUT2D eigenvalue weighted by atomic mass is 16.2. The first-order valence-corrected chi connectivity index (χ1v) is 11.9. The number of H-pyrrole nitrogens is 2. The molecule has 4 aromatic rings. The predicted octanol–water partition coefficient (Wildman–Crippen LogP) is -0.458. The van der Waals surface area contributed by atoms with E-state index in [1.807, 2.05) is 0 Å². The maximum atomic E-state index is 12.6. The lowest BCUT2D eigenvalue weighted by atomic mass is 10.1. The summed E-state index contributed by atoms with van der Waals surface area (Å²) in [5, 5.41) is 5.18. The second kappa shape index (κ2) is 11.7. The number of hydrogen-bond donors (Lipinski definition) is 6. The van der Waals surface area contributed by atoms with Crippen LogP contribution in [0.15, 0.2) is 78.0 Å². The van der Waals surface area contributed by atoms with Crippen LogP contribution in [0.25, 0.3) is 5.82 Å². The number of imidazole rings is 2. The Hall–Kier alpha value is -5.46. The summed E-state index contributed by atoms with van der Waals surface area (Å²) in [6.07, 6.45) is 2.79. The summed E-state index contributed by atoms with van der Waals surface area (Å²) in [5.74, 6) is -2.26. The smallest absolute Gasteiger partial charge is 0.324 e. The molecule has 8 N–H and O–H groups in total. The Bertz CT molecular complexity index is 1540. The van der Waals surface area contributed by atoms with Gasteiger partial charge in [-0.1, -0.05) is 36.4 Å². The number of primary amides is 2. The molecule has 4 rings (SSSR count). The molecule has 13 heteroatoms. The zero-order valence-electron chi connectivity index (χ0n) is 20.6. The third-order valence-corrected chi connectivity index (χ3v) is 5.87. The van der Waals surface area contributed by atoms with E-state index >= 15 is 0 Å². The molecule has 2 unspecified atom stereocenters. The van der Waals surface area contributed by atoms with Crippen molar-refractivity contribution in [2.75, 3.05) is 0 Å². The number of nitrogens with one attached hydrogen (secondary N) is 4. The summed E-state index contributed by atoms with van der Waals surface area (Å²) in [6.45, 7) is 0. The normalized spacial score (nSPS) is 12.3. The largest absolute Gasteiger partial charge is 0.368 e. The van der Waals surface area contributed by atoms with Crippen LogP contribution in [0.1, 0.15) is 32.1 Å². The molecular formula is C26H26N8O5. The lowest BCUT2D eigenvalue weighted by molar-refractivity contribution is -0.120. The summed E-state index contributed by atoms with van der Waals surface area (Å²) in [4.78, 5) is 70.8. The van der Waals surface area contributed by atoms with Gasteiger partial charge >= 0.3 is 5.69 Å². The van der Waals surface area contributed by atoms with Gasteiger partial charge < -0.3 is 27.1 Å². The average Bonchev–Trinajstić information content (AvgIpc) is 3.54. The minimum atomic E-state index is -1.13. The van der Waals surface area contributed by atoms with Crippen molar-refractivity contribution in [3.05, 3.63) is 106 Å². The van der Waals surface area contributed by atoms with Gasteiger partial charge in [0.05, 0.1) is 11.4 Å². The van der Waals surface area contributed by atoms with E-state index in [-0.39, 0.29) is 24.4 Å². The summed E-state index contributed by atoms with van der Waals surface area (Å²) >= 11 is 0. The van der Waals surface area contributed by atoms with E-state index in [9.17, 15) is 24.0 Å². The molecule has 4 amide bonds. The first kappa shape index (κ1) is 26.6. The molecular weight excluding hydrogens is 504 g/mol. The van der Waals surface area contributed by atoms with Gasteiger partial charge in [-0.25, -0.2) is 9.78 Å². The number of aromatic amines is 2. The Balaban J connectivity index is 1.50. The number of benzene rings is 2. The van der Waals surface area contributed by atoms with Crippen LogP contribution in [0.3, 0.4) is 0 Å². The molecule has 0 radical (unpaired) electrons. The molecule has 0 saturated carbocycles. The number of hydrogen-bond acceptors (Lipinski definition) is 6. The second-order valence-corrected chi connectivity index (χ2v) is 8.68. The minimum absolute atomic E-state index is 0.0120. The first-order valence-electron chi connectivity index (χ1n) is 11.9. The Morgan fingerprint density at radius 2 is 1.31 bits per heavy atom. The molecule has 200 valence electrons. The van der Waals surface area contributed by atoms with Gasteiger partial charge in [0.2, 0.25) is 11.8 Å². The average molecular weight is 531 g/mol. The molecule has 0 aliphatic carbocycles. The lowest BCUT2D eigenvalue weighted by Gasteiger charge is -2.16. The third-order valence-electron chi connectivity index (χ3n) is 5.87. The number of carbonyl (C=O) groups excluding carboxylic acids is 4. The third kappa shape index (κ3) is 6.65.